The third-order valence-corrected chi connectivity index (χ3v) is 3.06. The van der Waals surface area contributed by atoms with Gasteiger partial charge >= 0.3 is 0 Å². The van der Waals surface area contributed by atoms with Crippen molar-refractivity contribution in [1.82, 2.24) is 10.3 Å². The van der Waals surface area contributed by atoms with E-state index in [1.165, 1.54) is 14.2 Å². The highest BCUT2D eigenvalue weighted by Crippen LogP contribution is 2.28. The molecule has 0 saturated carbocycles. The molecule has 112 valence electrons. The number of rotatable bonds is 5. The number of nitrogens with one attached hydrogen (secondary N) is 1. The zero-order valence-electron chi connectivity index (χ0n) is 12.5. The van der Waals surface area contributed by atoms with Gasteiger partial charge in [-0.2, -0.15) is 0 Å². The molecule has 21 heavy (non-hydrogen) atoms. The summed E-state index contributed by atoms with van der Waals surface area (Å²) in [5.41, 5.74) is 1.12. The molecule has 0 aliphatic carbocycles. The molecule has 1 aromatic carbocycles. The number of oxazole rings is 1. The molecule has 1 N–H and O–H groups in total. The Hall–Kier alpha value is -2.50. The van der Waals surface area contributed by atoms with E-state index in [0.29, 0.717) is 28.7 Å². The Bertz CT molecular complexity index is 627. The molecule has 0 bridgehead atoms. The van der Waals surface area contributed by atoms with E-state index >= 15 is 0 Å². The lowest BCUT2D eigenvalue weighted by molar-refractivity contribution is 0.0941. The van der Waals surface area contributed by atoms with Crippen LogP contribution in [0.15, 0.2) is 22.6 Å². The summed E-state index contributed by atoms with van der Waals surface area (Å²) < 4.78 is 15.8. The molecule has 1 aromatic heterocycles. The molecule has 0 saturated heterocycles. The van der Waals surface area contributed by atoms with Crippen molar-refractivity contribution >= 4 is 5.91 Å². The van der Waals surface area contributed by atoms with Crippen LogP contribution in [-0.2, 0) is 6.54 Å². The normalized spacial score (nSPS) is 10.3. The second kappa shape index (κ2) is 6.30. The highest BCUT2D eigenvalue weighted by molar-refractivity contribution is 5.99. The first-order valence-electron chi connectivity index (χ1n) is 6.49. The van der Waals surface area contributed by atoms with Crippen LogP contribution >= 0.6 is 0 Å². The number of methoxy groups -OCH3 is 2. The van der Waals surface area contributed by atoms with E-state index in [0.717, 1.165) is 5.69 Å². The van der Waals surface area contributed by atoms with Gasteiger partial charge in [0.15, 0.2) is 5.89 Å². The SMILES string of the molecule is COc1cccc(OC)c1C(=O)NCc1oc(C)nc1C. The molecule has 0 fully saturated rings. The molecule has 2 aromatic rings. The lowest BCUT2D eigenvalue weighted by atomic mass is 10.1. The summed E-state index contributed by atoms with van der Waals surface area (Å²) in [5.74, 6) is 1.83. The minimum absolute atomic E-state index is 0.257. The second-order valence-corrected chi connectivity index (χ2v) is 4.46. The van der Waals surface area contributed by atoms with Gasteiger partial charge in [0.1, 0.15) is 22.8 Å². The van der Waals surface area contributed by atoms with Crippen molar-refractivity contribution in [3.05, 3.63) is 41.1 Å². The third kappa shape index (κ3) is 3.16. The van der Waals surface area contributed by atoms with Gasteiger partial charge in [0.25, 0.3) is 5.91 Å². The Morgan fingerprint density at radius 2 is 1.86 bits per heavy atom. The van der Waals surface area contributed by atoms with Crippen LogP contribution in [0.3, 0.4) is 0 Å². The first kappa shape index (κ1) is 14.9. The van der Waals surface area contributed by atoms with Crippen LogP contribution in [0.2, 0.25) is 0 Å². The number of aromatic nitrogens is 1. The first-order chi connectivity index (χ1) is 10.1. The van der Waals surface area contributed by atoms with Crippen molar-refractivity contribution in [2.75, 3.05) is 14.2 Å². The molecular weight excluding hydrogens is 272 g/mol. The summed E-state index contributed by atoms with van der Waals surface area (Å²) >= 11 is 0. The van der Waals surface area contributed by atoms with E-state index in [9.17, 15) is 4.79 Å². The van der Waals surface area contributed by atoms with Gasteiger partial charge in [-0.3, -0.25) is 4.79 Å². The van der Waals surface area contributed by atoms with E-state index in [2.05, 4.69) is 10.3 Å². The number of carbonyl (C=O) groups is 1. The maximum absolute atomic E-state index is 12.4. The number of amides is 1. The number of benzene rings is 1. The third-order valence-electron chi connectivity index (χ3n) is 3.06. The monoisotopic (exact) mass is 290 g/mol. The summed E-state index contributed by atoms with van der Waals surface area (Å²) in [5, 5.41) is 2.79. The van der Waals surface area contributed by atoms with Crippen LogP contribution in [0.25, 0.3) is 0 Å². The second-order valence-electron chi connectivity index (χ2n) is 4.46. The van der Waals surface area contributed by atoms with Gasteiger partial charge in [-0.25, -0.2) is 4.98 Å². The van der Waals surface area contributed by atoms with Crippen molar-refractivity contribution in [3.63, 3.8) is 0 Å². The molecule has 0 atom stereocenters. The van der Waals surface area contributed by atoms with Gasteiger partial charge in [-0.15, -0.1) is 0 Å². The molecular formula is C15H18N2O4. The Morgan fingerprint density at radius 1 is 1.24 bits per heavy atom. The molecule has 0 radical (unpaired) electrons. The number of nitrogens with zero attached hydrogens (tertiary/aromatic N) is 1. The Kier molecular flexibility index (Phi) is 4.47. The van der Waals surface area contributed by atoms with Gasteiger partial charge in [-0.1, -0.05) is 6.07 Å². The van der Waals surface area contributed by atoms with Crippen LogP contribution in [0, 0.1) is 13.8 Å². The fourth-order valence-electron chi connectivity index (χ4n) is 2.06. The zero-order valence-corrected chi connectivity index (χ0v) is 12.5. The molecule has 0 aliphatic heterocycles. The molecule has 0 unspecified atom stereocenters. The minimum atomic E-state index is -0.294. The maximum Gasteiger partial charge on any atom is 0.259 e. The van der Waals surface area contributed by atoms with E-state index in [1.807, 2.05) is 6.92 Å². The van der Waals surface area contributed by atoms with Gasteiger partial charge in [0, 0.05) is 6.92 Å². The van der Waals surface area contributed by atoms with E-state index in [-0.39, 0.29) is 12.5 Å². The van der Waals surface area contributed by atoms with Crippen molar-refractivity contribution in [1.29, 1.82) is 0 Å². The molecule has 0 aliphatic rings. The highest BCUT2D eigenvalue weighted by atomic mass is 16.5. The summed E-state index contributed by atoms with van der Waals surface area (Å²) in [6, 6.07) is 5.18. The zero-order chi connectivity index (χ0) is 15.4. The van der Waals surface area contributed by atoms with Gasteiger partial charge in [0.05, 0.1) is 26.5 Å². The summed E-state index contributed by atoms with van der Waals surface area (Å²) in [4.78, 5) is 16.5. The number of aryl methyl sites for hydroxylation is 2. The fraction of sp³-hybridized carbons (Fsp3) is 0.333. The Balaban J connectivity index is 2.19. The van der Waals surface area contributed by atoms with E-state index < -0.39 is 0 Å². The predicted octanol–water partition coefficient (Wildman–Crippen LogP) is 2.24. The first-order valence-corrected chi connectivity index (χ1v) is 6.49. The standard InChI is InChI=1S/C15H18N2O4/c1-9-13(21-10(2)17-9)8-16-15(18)14-11(19-3)6-5-7-12(14)20-4/h5-7H,8H2,1-4H3,(H,16,18). The molecule has 0 spiro atoms. The van der Waals surface area contributed by atoms with Crippen molar-refractivity contribution < 1.29 is 18.7 Å². The smallest absolute Gasteiger partial charge is 0.259 e. The average Bonchev–Trinajstić information content (AvgIpc) is 2.81. The number of hydrogen-bond donors (Lipinski definition) is 1. The molecule has 6 heteroatoms. The molecule has 2 rings (SSSR count). The highest BCUT2D eigenvalue weighted by Gasteiger charge is 2.18. The summed E-state index contributed by atoms with van der Waals surface area (Å²) in [7, 11) is 3.02. The maximum atomic E-state index is 12.4. The van der Waals surface area contributed by atoms with E-state index in [1.54, 1.807) is 25.1 Å². The molecule has 1 heterocycles. The largest absolute Gasteiger partial charge is 0.496 e. The Labute approximate surface area is 123 Å². The van der Waals surface area contributed by atoms with E-state index in [4.69, 9.17) is 13.9 Å². The minimum Gasteiger partial charge on any atom is -0.496 e. The van der Waals surface area contributed by atoms with Crippen molar-refractivity contribution in [2.45, 2.75) is 20.4 Å². The van der Waals surface area contributed by atoms with Crippen molar-refractivity contribution in [2.24, 2.45) is 0 Å². The summed E-state index contributed by atoms with van der Waals surface area (Å²) in [6.07, 6.45) is 0. The van der Waals surface area contributed by atoms with Crippen LogP contribution in [-0.4, -0.2) is 25.1 Å². The van der Waals surface area contributed by atoms with Gasteiger partial charge < -0.3 is 19.2 Å². The summed E-state index contributed by atoms with van der Waals surface area (Å²) in [6.45, 7) is 3.86. The topological polar surface area (TPSA) is 73.6 Å². The quantitative estimate of drug-likeness (QED) is 0.914. The van der Waals surface area contributed by atoms with Gasteiger partial charge in [-0.05, 0) is 19.1 Å². The number of hydrogen-bond acceptors (Lipinski definition) is 5. The van der Waals surface area contributed by atoms with Crippen LogP contribution in [0.1, 0.15) is 27.7 Å². The lowest BCUT2D eigenvalue weighted by Crippen LogP contribution is -2.24. The molecule has 6 nitrogen and oxygen atoms in total. The fourth-order valence-corrected chi connectivity index (χ4v) is 2.06. The van der Waals surface area contributed by atoms with Gasteiger partial charge in [0.2, 0.25) is 0 Å². The average molecular weight is 290 g/mol. The lowest BCUT2D eigenvalue weighted by Gasteiger charge is -2.12. The van der Waals surface area contributed by atoms with Crippen LogP contribution in [0.4, 0.5) is 0 Å². The Morgan fingerprint density at radius 3 is 2.33 bits per heavy atom. The molecule has 1 amide bonds. The van der Waals surface area contributed by atoms with Crippen LogP contribution < -0.4 is 14.8 Å². The van der Waals surface area contributed by atoms with Crippen molar-refractivity contribution in [3.8, 4) is 11.5 Å². The van der Waals surface area contributed by atoms with Crippen LogP contribution in [0.5, 0.6) is 11.5 Å². The number of carbonyl (C=O) groups excluding carboxylic acids is 1. The number of ether oxygens (including phenoxy) is 2. The predicted molar refractivity (Wildman–Crippen MR) is 76.7 cm³/mol.